The Hall–Kier alpha value is -1.55. The van der Waals surface area contributed by atoms with Gasteiger partial charge < -0.3 is 10.3 Å². The van der Waals surface area contributed by atoms with Crippen LogP contribution in [0, 0.1) is 0 Å². The Morgan fingerprint density at radius 2 is 2.21 bits per heavy atom. The number of primary amides is 1. The predicted molar refractivity (Wildman–Crippen MR) is 56.5 cm³/mol. The molecule has 4 nitrogen and oxygen atoms in total. The molecule has 2 rings (SSSR count). The molecule has 14 heavy (non-hydrogen) atoms. The van der Waals surface area contributed by atoms with Crippen LogP contribution in [0.3, 0.4) is 0 Å². The SMILES string of the molecule is Cl.Cn1cnc2cccc(C(N)=O)c21. The van der Waals surface area contributed by atoms with E-state index in [1.165, 1.54) is 0 Å². The molecule has 1 amide bonds. The van der Waals surface area contributed by atoms with Gasteiger partial charge in [-0.3, -0.25) is 4.79 Å². The Kier molecular flexibility index (Phi) is 2.76. The van der Waals surface area contributed by atoms with Gasteiger partial charge in [0.15, 0.2) is 0 Å². The van der Waals surface area contributed by atoms with Crippen molar-refractivity contribution in [2.24, 2.45) is 12.8 Å². The van der Waals surface area contributed by atoms with E-state index in [0.29, 0.717) is 5.56 Å². The number of fused-ring (bicyclic) bond motifs is 1. The minimum atomic E-state index is -0.422. The number of carbonyl (C=O) groups is 1. The molecule has 2 aromatic rings. The zero-order valence-corrected chi connectivity index (χ0v) is 8.41. The lowest BCUT2D eigenvalue weighted by Gasteiger charge is -1.99. The smallest absolute Gasteiger partial charge is 0.250 e. The van der Waals surface area contributed by atoms with Crippen molar-refractivity contribution in [3.63, 3.8) is 0 Å². The number of amides is 1. The van der Waals surface area contributed by atoms with Crippen LogP contribution in [-0.2, 0) is 7.05 Å². The van der Waals surface area contributed by atoms with Gasteiger partial charge in [0.2, 0.25) is 0 Å². The number of nitrogens with zero attached hydrogens (tertiary/aromatic N) is 2. The van der Waals surface area contributed by atoms with Crippen molar-refractivity contribution >= 4 is 29.3 Å². The van der Waals surface area contributed by atoms with Gasteiger partial charge in [-0.25, -0.2) is 4.98 Å². The maximum Gasteiger partial charge on any atom is 0.250 e. The standard InChI is InChI=1S/C9H9N3O.ClH/c1-12-5-11-7-4-2-3-6(8(7)12)9(10)13;/h2-5H,1H3,(H2,10,13);1H. The van der Waals surface area contributed by atoms with Gasteiger partial charge >= 0.3 is 0 Å². The summed E-state index contributed by atoms with van der Waals surface area (Å²) >= 11 is 0. The summed E-state index contributed by atoms with van der Waals surface area (Å²) in [6.07, 6.45) is 1.66. The number of imidazole rings is 1. The minimum Gasteiger partial charge on any atom is -0.366 e. The summed E-state index contributed by atoms with van der Waals surface area (Å²) in [4.78, 5) is 15.2. The zero-order valence-electron chi connectivity index (χ0n) is 7.60. The third kappa shape index (κ3) is 1.44. The normalized spacial score (nSPS) is 9.79. The Morgan fingerprint density at radius 3 is 2.86 bits per heavy atom. The number of aryl methyl sites for hydroxylation is 1. The largest absolute Gasteiger partial charge is 0.366 e. The first-order valence-electron chi connectivity index (χ1n) is 3.90. The number of hydrogen-bond donors (Lipinski definition) is 1. The fraction of sp³-hybridized carbons (Fsp3) is 0.111. The number of carbonyl (C=O) groups excluding carboxylic acids is 1. The molecule has 0 unspecified atom stereocenters. The van der Waals surface area contributed by atoms with Gasteiger partial charge in [-0.15, -0.1) is 12.4 Å². The average molecular weight is 212 g/mol. The number of hydrogen-bond acceptors (Lipinski definition) is 2. The minimum absolute atomic E-state index is 0. The number of benzene rings is 1. The van der Waals surface area contributed by atoms with E-state index in [2.05, 4.69) is 4.98 Å². The number of halogens is 1. The summed E-state index contributed by atoms with van der Waals surface area (Å²) in [6.45, 7) is 0. The van der Waals surface area contributed by atoms with Crippen LogP contribution in [0.2, 0.25) is 0 Å². The van der Waals surface area contributed by atoms with Crippen LogP contribution in [0.5, 0.6) is 0 Å². The highest BCUT2D eigenvalue weighted by Crippen LogP contribution is 2.15. The molecular weight excluding hydrogens is 202 g/mol. The second-order valence-electron chi connectivity index (χ2n) is 2.89. The van der Waals surface area contributed by atoms with E-state index in [0.717, 1.165) is 11.0 Å². The molecule has 1 aromatic carbocycles. The molecule has 0 fully saturated rings. The molecule has 0 radical (unpaired) electrons. The molecule has 1 heterocycles. The third-order valence-corrected chi connectivity index (χ3v) is 2.00. The molecule has 0 aliphatic heterocycles. The first-order chi connectivity index (χ1) is 6.20. The number of nitrogens with two attached hydrogens (primary N) is 1. The van der Waals surface area contributed by atoms with E-state index in [-0.39, 0.29) is 12.4 Å². The Balaban J connectivity index is 0.000000980. The van der Waals surface area contributed by atoms with E-state index in [4.69, 9.17) is 5.73 Å². The van der Waals surface area contributed by atoms with Crippen LogP contribution in [0.25, 0.3) is 11.0 Å². The van der Waals surface area contributed by atoms with E-state index >= 15 is 0 Å². The summed E-state index contributed by atoms with van der Waals surface area (Å²) < 4.78 is 1.79. The van der Waals surface area contributed by atoms with E-state index < -0.39 is 5.91 Å². The highest BCUT2D eigenvalue weighted by Gasteiger charge is 2.08. The molecule has 74 valence electrons. The van der Waals surface area contributed by atoms with Gasteiger partial charge in [-0.2, -0.15) is 0 Å². The molecule has 2 N–H and O–H groups in total. The molecule has 0 aliphatic carbocycles. The van der Waals surface area contributed by atoms with Crippen molar-refractivity contribution in [3.8, 4) is 0 Å². The molecule has 0 spiro atoms. The first kappa shape index (κ1) is 10.5. The summed E-state index contributed by atoms with van der Waals surface area (Å²) in [7, 11) is 1.84. The van der Waals surface area contributed by atoms with Crippen LogP contribution < -0.4 is 5.73 Å². The van der Waals surface area contributed by atoms with Crippen LogP contribution in [0.1, 0.15) is 10.4 Å². The number of rotatable bonds is 1. The zero-order chi connectivity index (χ0) is 9.42. The fourth-order valence-electron chi connectivity index (χ4n) is 1.41. The van der Waals surface area contributed by atoms with Crippen LogP contribution >= 0.6 is 12.4 Å². The second kappa shape index (κ2) is 3.67. The number of para-hydroxylation sites is 1. The summed E-state index contributed by atoms with van der Waals surface area (Å²) in [6, 6.07) is 5.32. The van der Waals surface area contributed by atoms with Crippen LogP contribution in [-0.4, -0.2) is 15.5 Å². The quantitative estimate of drug-likeness (QED) is 0.768. The molecule has 1 aromatic heterocycles. The maximum absolute atomic E-state index is 11.0. The lowest BCUT2D eigenvalue weighted by Crippen LogP contribution is -2.12. The summed E-state index contributed by atoms with van der Waals surface area (Å²) in [5.74, 6) is -0.422. The van der Waals surface area contributed by atoms with E-state index in [9.17, 15) is 4.79 Å². The second-order valence-corrected chi connectivity index (χ2v) is 2.89. The lowest BCUT2D eigenvalue weighted by atomic mass is 10.2. The average Bonchev–Trinajstić information content (AvgIpc) is 2.48. The molecule has 0 saturated carbocycles. The van der Waals surface area contributed by atoms with Gasteiger partial charge in [0.1, 0.15) is 0 Å². The van der Waals surface area contributed by atoms with Gasteiger partial charge in [-0.05, 0) is 12.1 Å². The first-order valence-corrected chi connectivity index (χ1v) is 3.90. The third-order valence-electron chi connectivity index (χ3n) is 2.00. The molecule has 0 atom stereocenters. The molecular formula is C9H10ClN3O. The molecule has 0 aliphatic rings. The van der Waals surface area contributed by atoms with Gasteiger partial charge in [0.25, 0.3) is 5.91 Å². The van der Waals surface area contributed by atoms with Crippen molar-refractivity contribution in [2.45, 2.75) is 0 Å². The Bertz CT molecular complexity index is 478. The summed E-state index contributed by atoms with van der Waals surface area (Å²) in [5, 5.41) is 0. The molecule has 5 heteroatoms. The van der Waals surface area contributed by atoms with E-state index in [1.807, 2.05) is 13.1 Å². The fourth-order valence-corrected chi connectivity index (χ4v) is 1.41. The van der Waals surface area contributed by atoms with Crippen molar-refractivity contribution in [3.05, 3.63) is 30.1 Å². The van der Waals surface area contributed by atoms with Crippen molar-refractivity contribution in [2.75, 3.05) is 0 Å². The van der Waals surface area contributed by atoms with Crippen LogP contribution in [0.4, 0.5) is 0 Å². The van der Waals surface area contributed by atoms with Crippen LogP contribution in [0.15, 0.2) is 24.5 Å². The number of aromatic nitrogens is 2. The highest BCUT2D eigenvalue weighted by atomic mass is 35.5. The maximum atomic E-state index is 11.0. The van der Waals surface area contributed by atoms with E-state index in [1.54, 1.807) is 23.0 Å². The Labute approximate surface area is 87.1 Å². The van der Waals surface area contributed by atoms with Gasteiger partial charge in [0, 0.05) is 7.05 Å². The van der Waals surface area contributed by atoms with Gasteiger partial charge in [0.05, 0.1) is 22.9 Å². The molecule has 0 bridgehead atoms. The summed E-state index contributed by atoms with van der Waals surface area (Å²) in [5.41, 5.74) is 7.32. The highest BCUT2D eigenvalue weighted by molar-refractivity contribution is 6.04. The van der Waals surface area contributed by atoms with Crippen molar-refractivity contribution < 1.29 is 4.79 Å². The molecule has 0 saturated heterocycles. The topological polar surface area (TPSA) is 60.9 Å². The Morgan fingerprint density at radius 1 is 1.50 bits per heavy atom. The lowest BCUT2D eigenvalue weighted by molar-refractivity contribution is 0.100. The monoisotopic (exact) mass is 211 g/mol. The van der Waals surface area contributed by atoms with Gasteiger partial charge in [-0.1, -0.05) is 6.07 Å². The predicted octanol–water partition coefficient (Wildman–Crippen LogP) is 1.09. The van der Waals surface area contributed by atoms with Crippen molar-refractivity contribution in [1.82, 2.24) is 9.55 Å². The van der Waals surface area contributed by atoms with Crippen molar-refractivity contribution in [1.29, 1.82) is 0 Å².